The van der Waals surface area contributed by atoms with Crippen molar-refractivity contribution in [1.82, 2.24) is 13.9 Å². The summed E-state index contributed by atoms with van der Waals surface area (Å²) < 4.78 is 28.5. The van der Waals surface area contributed by atoms with E-state index in [1.54, 1.807) is 8.61 Å². The Bertz CT molecular complexity index is 355. The van der Waals surface area contributed by atoms with Crippen molar-refractivity contribution >= 4 is 10.2 Å². The highest BCUT2D eigenvalue weighted by Crippen LogP contribution is 2.21. The molecule has 1 aliphatic rings. The molecule has 5 nitrogen and oxygen atoms in total. The van der Waals surface area contributed by atoms with E-state index < -0.39 is 10.2 Å². The van der Waals surface area contributed by atoms with E-state index in [2.05, 4.69) is 19.2 Å². The summed E-state index contributed by atoms with van der Waals surface area (Å²) in [6.45, 7) is 9.38. The van der Waals surface area contributed by atoms with Crippen LogP contribution in [0.25, 0.3) is 0 Å². The minimum atomic E-state index is -3.28. The zero-order valence-electron chi connectivity index (χ0n) is 12.7. The number of nitrogens with zero attached hydrogens (tertiary/aromatic N) is 2. The second-order valence-electron chi connectivity index (χ2n) is 5.78. The predicted molar refractivity (Wildman–Crippen MR) is 79.2 cm³/mol. The Morgan fingerprint density at radius 1 is 1.42 bits per heavy atom. The summed E-state index contributed by atoms with van der Waals surface area (Å²) in [5.74, 6) is 0.791. The molecule has 0 amide bonds. The summed E-state index contributed by atoms with van der Waals surface area (Å²) in [5, 5.41) is 3.15. The molecule has 0 spiro atoms. The zero-order valence-corrected chi connectivity index (χ0v) is 13.5. The van der Waals surface area contributed by atoms with E-state index in [-0.39, 0.29) is 0 Å². The van der Waals surface area contributed by atoms with Crippen LogP contribution in [0.5, 0.6) is 0 Å². The first-order valence-corrected chi connectivity index (χ1v) is 8.71. The molecule has 0 aliphatic carbocycles. The molecule has 0 saturated carbocycles. The molecule has 0 aromatic heterocycles. The summed E-state index contributed by atoms with van der Waals surface area (Å²) in [6.07, 6.45) is 2.08. The van der Waals surface area contributed by atoms with Crippen LogP contribution in [0.1, 0.15) is 33.6 Å². The maximum absolute atomic E-state index is 12.6. The normalized spacial score (nSPS) is 22.3. The molecule has 1 aliphatic heterocycles. The average molecular weight is 291 g/mol. The van der Waals surface area contributed by atoms with Gasteiger partial charge in [0.15, 0.2) is 0 Å². The van der Waals surface area contributed by atoms with Crippen LogP contribution in [0.2, 0.25) is 0 Å². The van der Waals surface area contributed by atoms with Gasteiger partial charge in [0.25, 0.3) is 10.2 Å². The van der Waals surface area contributed by atoms with E-state index >= 15 is 0 Å². The van der Waals surface area contributed by atoms with Gasteiger partial charge in [-0.05, 0) is 38.3 Å². The first-order valence-electron chi connectivity index (χ1n) is 7.31. The number of rotatable bonds is 7. The Morgan fingerprint density at radius 3 is 2.63 bits per heavy atom. The van der Waals surface area contributed by atoms with Gasteiger partial charge in [0.2, 0.25) is 0 Å². The largest absolute Gasteiger partial charge is 0.319 e. The molecule has 0 aromatic carbocycles. The molecular formula is C13H29N3O2S. The van der Waals surface area contributed by atoms with Gasteiger partial charge in [-0.15, -0.1) is 0 Å². The standard InChI is InChI=1S/C13H29N3O2S/c1-5-15(10-12(2)3)19(17,18)16-8-6-7-13(11-16)9-14-4/h12-14H,5-11H2,1-4H3. The topological polar surface area (TPSA) is 52.7 Å². The molecule has 1 unspecified atom stereocenters. The van der Waals surface area contributed by atoms with E-state index in [1.807, 2.05) is 14.0 Å². The monoisotopic (exact) mass is 291 g/mol. The summed E-state index contributed by atoms with van der Waals surface area (Å²) in [6, 6.07) is 0. The lowest BCUT2D eigenvalue weighted by Crippen LogP contribution is -2.49. The van der Waals surface area contributed by atoms with Crippen molar-refractivity contribution in [1.29, 1.82) is 0 Å². The lowest BCUT2D eigenvalue weighted by Gasteiger charge is -2.35. The Labute approximate surface area is 118 Å². The molecule has 1 saturated heterocycles. The first kappa shape index (κ1) is 16.9. The summed E-state index contributed by atoms with van der Waals surface area (Å²) in [5.41, 5.74) is 0. The zero-order chi connectivity index (χ0) is 14.5. The fourth-order valence-corrected chi connectivity index (χ4v) is 4.55. The third kappa shape index (κ3) is 4.70. The first-order chi connectivity index (χ1) is 8.91. The smallest absolute Gasteiger partial charge is 0.281 e. The Kier molecular flexibility index (Phi) is 6.73. The van der Waals surface area contributed by atoms with Crippen molar-refractivity contribution in [3.05, 3.63) is 0 Å². The van der Waals surface area contributed by atoms with Gasteiger partial charge in [0.1, 0.15) is 0 Å². The van der Waals surface area contributed by atoms with Crippen LogP contribution in [-0.4, -0.2) is 56.8 Å². The maximum atomic E-state index is 12.6. The second kappa shape index (κ2) is 7.57. The van der Waals surface area contributed by atoms with Crippen molar-refractivity contribution < 1.29 is 8.42 Å². The molecule has 19 heavy (non-hydrogen) atoms. The number of nitrogens with one attached hydrogen (secondary N) is 1. The molecule has 1 fully saturated rings. The molecule has 0 bridgehead atoms. The van der Waals surface area contributed by atoms with Crippen LogP contribution in [0.3, 0.4) is 0 Å². The second-order valence-corrected chi connectivity index (χ2v) is 7.70. The van der Waals surface area contributed by atoms with Crippen LogP contribution in [-0.2, 0) is 10.2 Å². The van der Waals surface area contributed by atoms with Crippen LogP contribution in [0.15, 0.2) is 0 Å². The van der Waals surface area contributed by atoms with Gasteiger partial charge in [-0.2, -0.15) is 17.0 Å². The Morgan fingerprint density at radius 2 is 2.11 bits per heavy atom. The van der Waals surface area contributed by atoms with Gasteiger partial charge < -0.3 is 5.32 Å². The fraction of sp³-hybridized carbons (Fsp3) is 1.00. The van der Waals surface area contributed by atoms with Gasteiger partial charge in [0.05, 0.1) is 0 Å². The van der Waals surface area contributed by atoms with Crippen molar-refractivity contribution in [2.24, 2.45) is 11.8 Å². The molecule has 6 heteroatoms. The minimum Gasteiger partial charge on any atom is -0.319 e. The van der Waals surface area contributed by atoms with Crippen LogP contribution in [0, 0.1) is 11.8 Å². The minimum absolute atomic E-state index is 0.354. The van der Waals surface area contributed by atoms with Crippen molar-refractivity contribution in [3.63, 3.8) is 0 Å². The van der Waals surface area contributed by atoms with Crippen LogP contribution < -0.4 is 5.32 Å². The molecule has 1 rings (SSSR count). The van der Waals surface area contributed by atoms with E-state index in [0.29, 0.717) is 38.0 Å². The van der Waals surface area contributed by atoms with Gasteiger partial charge >= 0.3 is 0 Å². The predicted octanol–water partition coefficient (Wildman–Crippen LogP) is 1.14. The van der Waals surface area contributed by atoms with E-state index in [9.17, 15) is 8.42 Å². The third-order valence-electron chi connectivity index (χ3n) is 3.55. The van der Waals surface area contributed by atoms with Gasteiger partial charge in [-0.1, -0.05) is 20.8 Å². The lowest BCUT2D eigenvalue weighted by atomic mass is 10.00. The summed E-state index contributed by atoms with van der Waals surface area (Å²) in [7, 11) is -1.36. The lowest BCUT2D eigenvalue weighted by molar-refractivity contribution is 0.241. The number of piperidine rings is 1. The van der Waals surface area contributed by atoms with E-state index in [4.69, 9.17) is 0 Å². The van der Waals surface area contributed by atoms with Crippen molar-refractivity contribution in [2.75, 3.05) is 39.8 Å². The SMILES string of the molecule is CCN(CC(C)C)S(=O)(=O)N1CCCC(CNC)C1. The number of hydrogen-bond donors (Lipinski definition) is 1. The van der Waals surface area contributed by atoms with Gasteiger partial charge in [0, 0.05) is 26.2 Å². The molecule has 114 valence electrons. The van der Waals surface area contributed by atoms with Crippen molar-refractivity contribution in [2.45, 2.75) is 33.6 Å². The highest BCUT2D eigenvalue weighted by molar-refractivity contribution is 7.86. The highest BCUT2D eigenvalue weighted by atomic mass is 32.2. The molecule has 1 heterocycles. The average Bonchev–Trinajstić information content (AvgIpc) is 2.36. The Balaban J connectivity index is 2.74. The van der Waals surface area contributed by atoms with Crippen molar-refractivity contribution in [3.8, 4) is 0 Å². The molecule has 1 N–H and O–H groups in total. The van der Waals surface area contributed by atoms with Crippen LogP contribution in [0.4, 0.5) is 0 Å². The summed E-state index contributed by atoms with van der Waals surface area (Å²) >= 11 is 0. The van der Waals surface area contributed by atoms with Gasteiger partial charge in [-0.25, -0.2) is 0 Å². The summed E-state index contributed by atoms with van der Waals surface area (Å²) in [4.78, 5) is 0. The molecular weight excluding hydrogens is 262 g/mol. The molecule has 1 atom stereocenters. The van der Waals surface area contributed by atoms with Gasteiger partial charge in [-0.3, -0.25) is 0 Å². The molecule has 0 radical (unpaired) electrons. The fourth-order valence-electron chi connectivity index (χ4n) is 2.65. The molecule has 0 aromatic rings. The third-order valence-corrected chi connectivity index (χ3v) is 5.59. The highest BCUT2D eigenvalue weighted by Gasteiger charge is 2.32. The maximum Gasteiger partial charge on any atom is 0.281 e. The quantitative estimate of drug-likeness (QED) is 0.765. The van der Waals surface area contributed by atoms with E-state index in [0.717, 1.165) is 19.4 Å². The van der Waals surface area contributed by atoms with Crippen LogP contribution >= 0.6 is 0 Å². The Hall–Kier alpha value is -0.170. The van der Waals surface area contributed by atoms with E-state index in [1.165, 1.54) is 0 Å². The number of hydrogen-bond acceptors (Lipinski definition) is 3.